The van der Waals surface area contributed by atoms with Gasteiger partial charge in [-0.3, -0.25) is 0 Å². The van der Waals surface area contributed by atoms with Gasteiger partial charge in [0.25, 0.3) is 0 Å². The summed E-state index contributed by atoms with van der Waals surface area (Å²) >= 11 is 3.30. The van der Waals surface area contributed by atoms with Crippen LogP contribution in [0.5, 0.6) is 11.5 Å². The highest BCUT2D eigenvalue weighted by Gasteiger charge is 2.07. The smallest absolute Gasteiger partial charge is 0.162 e. The number of ether oxygens (including phenoxy) is 2. The van der Waals surface area contributed by atoms with Gasteiger partial charge in [-0.1, -0.05) is 22.0 Å². The molecule has 0 spiro atoms. The van der Waals surface area contributed by atoms with E-state index in [0.29, 0.717) is 28.3 Å². The van der Waals surface area contributed by atoms with Gasteiger partial charge in [0.2, 0.25) is 0 Å². The fraction of sp³-hybridized carbons (Fsp3) is 0.143. The first-order chi connectivity index (χ1) is 9.10. The first kappa shape index (κ1) is 13.7. The fourth-order valence-electron chi connectivity index (χ4n) is 1.60. The van der Waals surface area contributed by atoms with Crippen molar-refractivity contribution in [3.8, 4) is 11.5 Å². The third kappa shape index (κ3) is 3.38. The molecule has 2 rings (SSSR count). The van der Waals surface area contributed by atoms with Gasteiger partial charge in [0, 0.05) is 21.8 Å². The molecule has 19 heavy (non-hydrogen) atoms. The summed E-state index contributed by atoms with van der Waals surface area (Å²) in [6.07, 6.45) is 0. The van der Waals surface area contributed by atoms with Crippen LogP contribution in [0.2, 0.25) is 0 Å². The van der Waals surface area contributed by atoms with Crippen LogP contribution in [-0.4, -0.2) is 7.11 Å². The van der Waals surface area contributed by atoms with E-state index in [0.717, 1.165) is 5.56 Å². The van der Waals surface area contributed by atoms with Crippen molar-refractivity contribution in [1.82, 2.24) is 0 Å². The van der Waals surface area contributed by atoms with E-state index >= 15 is 0 Å². The Morgan fingerprint density at radius 1 is 1.16 bits per heavy atom. The van der Waals surface area contributed by atoms with Crippen LogP contribution in [0.4, 0.5) is 10.1 Å². The van der Waals surface area contributed by atoms with Crippen LogP contribution in [0.1, 0.15) is 5.56 Å². The standard InChI is InChI=1S/C14H13BrFNO2/c1-18-14-7-11(17)4-5-13(14)19-8-9-2-3-10(16)6-12(9)15/h2-7H,8,17H2,1H3. The highest BCUT2D eigenvalue weighted by atomic mass is 79.9. The van der Waals surface area contributed by atoms with E-state index in [2.05, 4.69) is 15.9 Å². The van der Waals surface area contributed by atoms with Gasteiger partial charge in [0.15, 0.2) is 11.5 Å². The summed E-state index contributed by atoms with van der Waals surface area (Å²) in [7, 11) is 1.55. The quantitative estimate of drug-likeness (QED) is 0.870. The van der Waals surface area contributed by atoms with E-state index in [1.165, 1.54) is 12.1 Å². The van der Waals surface area contributed by atoms with E-state index in [9.17, 15) is 4.39 Å². The second-order valence-electron chi connectivity index (χ2n) is 3.93. The maximum absolute atomic E-state index is 13.0. The van der Waals surface area contributed by atoms with Crippen molar-refractivity contribution in [2.45, 2.75) is 6.61 Å². The van der Waals surface area contributed by atoms with Crippen molar-refractivity contribution in [2.75, 3.05) is 12.8 Å². The molecule has 0 aliphatic carbocycles. The van der Waals surface area contributed by atoms with Gasteiger partial charge in [0.05, 0.1) is 7.11 Å². The highest BCUT2D eigenvalue weighted by molar-refractivity contribution is 9.10. The number of nitrogen functional groups attached to an aromatic ring is 1. The molecule has 5 heteroatoms. The topological polar surface area (TPSA) is 44.5 Å². The lowest BCUT2D eigenvalue weighted by Gasteiger charge is -2.12. The molecule has 0 saturated heterocycles. The van der Waals surface area contributed by atoms with Gasteiger partial charge in [0.1, 0.15) is 12.4 Å². The highest BCUT2D eigenvalue weighted by Crippen LogP contribution is 2.30. The predicted molar refractivity (Wildman–Crippen MR) is 75.8 cm³/mol. The summed E-state index contributed by atoms with van der Waals surface area (Å²) in [6.45, 7) is 0.307. The molecule has 2 N–H and O–H groups in total. The Morgan fingerprint density at radius 3 is 2.63 bits per heavy atom. The Morgan fingerprint density at radius 2 is 1.95 bits per heavy atom. The number of benzene rings is 2. The van der Waals surface area contributed by atoms with Crippen LogP contribution in [0.3, 0.4) is 0 Å². The maximum Gasteiger partial charge on any atom is 0.162 e. The van der Waals surface area contributed by atoms with E-state index < -0.39 is 0 Å². The molecule has 0 aliphatic rings. The Bertz CT molecular complexity index is 590. The lowest BCUT2D eigenvalue weighted by Crippen LogP contribution is -1.99. The van der Waals surface area contributed by atoms with Gasteiger partial charge < -0.3 is 15.2 Å². The monoisotopic (exact) mass is 325 g/mol. The molecule has 0 aromatic heterocycles. The van der Waals surface area contributed by atoms with Gasteiger partial charge in [-0.05, 0) is 24.3 Å². The van der Waals surface area contributed by atoms with Crippen LogP contribution in [0.15, 0.2) is 40.9 Å². The molecule has 2 aromatic carbocycles. The SMILES string of the molecule is COc1cc(N)ccc1OCc1ccc(F)cc1Br. The summed E-state index contributed by atoms with van der Waals surface area (Å²) in [5.74, 6) is 0.867. The number of hydrogen-bond donors (Lipinski definition) is 1. The summed E-state index contributed by atoms with van der Waals surface area (Å²) < 4.78 is 24.5. The Balaban J connectivity index is 2.14. The number of hydrogen-bond acceptors (Lipinski definition) is 3. The van der Waals surface area contributed by atoms with Crippen molar-refractivity contribution in [2.24, 2.45) is 0 Å². The molecule has 2 aromatic rings. The second kappa shape index (κ2) is 5.93. The van der Waals surface area contributed by atoms with Crippen LogP contribution >= 0.6 is 15.9 Å². The zero-order valence-electron chi connectivity index (χ0n) is 10.3. The molecule has 0 radical (unpaired) electrons. The summed E-state index contributed by atoms with van der Waals surface area (Å²) in [5.41, 5.74) is 7.12. The zero-order chi connectivity index (χ0) is 13.8. The second-order valence-corrected chi connectivity index (χ2v) is 4.79. The fourth-order valence-corrected chi connectivity index (χ4v) is 2.06. The molecule has 3 nitrogen and oxygen atoms in total. The molecule has 0 aliphatic heterocycles. The van der Waals surface area contributed by atoms with Crippen molar-refractivity contribution >= 4 is 21.6 Å². The number of anilines is 1. The average molecular weight is 326 g/mol. The Labute approximate surface area is 119 Å². The predicted octanol–water partition coefficient (Wildman–Crippen LogP) is 3.76. The van der Waals surface area contributed by atoms with Crippen molar-refractivity contribution in [1.29, 1.82) is 0 Å². The van der Waals surface area contributed by atoms with Gasteiger partial charge in [-0.2, -0.15) is 0 Å². The Hall–Kier alpha value is -1.75. The first-order valence-electron chi connectivity index (χ1n) is 5.60. The lowest BCUT2D eigenvalue weighted by molar-refractivity contribution is 0.284. The van der Waals surface area contributed by atoms with E-state index in [1.54, 1.807) is 31.4 Å². The number of halogens is 2. The van der Waals surface area contributed by atoms with E-state index in [4.69, 9.17) is 15.2 Å². The number of methoxy groups -OCH3 is 1. The average Bonchev–Trinajstić information content (AvgIpc) is 2.39. The molecule has 0 heterocycles. The minimum absolute atomic E-state index is 0.291. The third-order valence-corrected chi connectivity index (χ3v) is 3.32. The number of nitrogens with two attached hydrogens (primary N) is 1. The van der Waals surface area contributed by atoms with Crippen LogP contribution < -0.4 is 15.2 Å². The molecular weight excluding hydrogens is 313 g/mol. The van der Waals surface area contributed by atoms with Crippen molar-refractivity contribution in [3.63, 3.8) is 0 Å². The van der Waals surface area contributed by atoms with E-state index in [1.807, 2.05) is 0 Å². The third-order valence-electron chi connectivity index (χ3n) is 2.59. The summed E-state index contributed by atoms with van der Waals surface area (Å²) in [6, 6.07) is 9.63. The number of rotatable bonds is 4. The van der Waals surface area contributed by atoms with Crippen LogP contribution in [0, 0.1) is 5.82 Å². The zero-order valence-corrected chi connectivity index (χ0v) is 11.9. The molecule has 0 fully saturated rings. The molecule has 0 unspecified atom stereocenters. The minimum Gasteiger partial charge on any atom is -0.493 e. The van der Waals surface area contributed by atoms with Crippen LogP contribution in [-0.2, 0) is 6.61 Å². The van der Waals surface area contributed by atoms with Gasteiger partial charge in [-0.15, -0.1) is 0 Å². The normalized spacial score (nSPS) is 10.3. The summed E-state index contributed by atoms with van der Waals surface area (Å²) in [4.78, 5) is 0. The van der Waals surface area contributed by atoms with Gasteiger partial charge >= 0.3 is 0 Å². The molecule has 0 atom stereocenters. The molecule has 100 valence electrons. The first-order valence-corrected chi connectivity index (χ1v) is 6.39. The minimum atomic E-state index is -0.291. The molecule has 0 saturated carbocycles. The van der Waals surface area contributed by atoms with E-state index in [-0.39, 0.29) is 5.82 Å². The Kier molecular flexibility index (Phi) is 4.27. The summed E-state index contributed by atoms with van der Waals surface area (Å²) in [5, 5.41) is 0. The van der Waals surface area contributed by atoms with Crippen molar-refractivity contribution in [3.05, 3.63) is 52.3 Å². The molecule has 0 amide bonds. The van der Waals surface area contributed by atoms with Gasteiger partial charge in [-0.25, -0.2) is 4.39 Å². The molecule has 0 bridgehead atoms. The molecular formula is C14H13BrFNO2. The van der Waals surface area contributed by atoms with Crippen LogP contribution in [0.25, 0.3) is 0 Å². The van der Waals surface area contributed by atoms with Crippen molar-refractivity contribution < 1.29 is 13.9 Å². The maximum atomic E-state index is 13.0. The lowest BCUT2D eigenvalue weighted by atomic mass is 10.2. The largest absolute Gasteiger partial charge is 0.493 e.